The van der Waals surface area contributed by atoms with Gasteiger partial charge in [-0.1, -0.05) is 6.92 Å². The van der Waals surface area contributed by atoms with Gasteiger partial charge >= 0.3 is 0 Å². The number of aryl methyl sites for hydroxylation is 2. The molecule has 3 nitrogen and oxygen atoms in total. The van der Waals surface area contributed by atoms with Gasteiger partial charge in [0.2, 0.25) is 0 Å². The SMILES string of the molecule is CCc1nccc(CCC(C)=O)n1. The lowest BCUT2D eigenvalue weighted by Gasteiger charge is -1.99. The number of carbonyl (C=O) groups is 1. The van der Waals surface area contributed by atoms with Gasteiger partial charge in [0.05, 0.1) is 0 Å². The largest absolute Gasteiger partial charge is 0.300 e. The van der Waals surface area contributed by atoms with Gasteiger partial charge in [0.15, 0.2) is 0 Å². The zero-order chi connectivity index (χ0) is 9.68. The summed E-state index contributed by atoms with van der Waals surface area (Å²) >= 11 is 0. The Morgan fingerprint density at radius 2 is 2.31 bits per heavy atom. The molecule has 0 bridgehead atoms. The van der Waals surface area contributed by atoms with E-state index >= 15 is 0 Å². The quantitative estimate of drug-likeness (QED) is 0.702. The van der Waals surface area contributed by atoms with Crippen LogP contribution in [-0.4, -0.2) is 15.8 Å². The average Bonchev–Trinajstić information content (AvgIpc) is 2.15. The molecular weight excluding hydrogens is 164 g/mol. The minimum absolute atomic E-state index is 0.205. The van der Waals surface area contributed by atoms with Crippen LogP contribution in [0.15, 0.2) is 12.3 Å². The predicted octanol–water partition coefficient (Wildman–Crippen LogP) is 1.56. The summed E-state index contributed by atoms with van der Waals surface area (Å²) in [5.41, 5.74) is 0.960. The maximum atomic E-state index is 10.7. The molecule has 0 N–H and O–H groups in total. The minimum Gasteiger partial charge on any atom is -0.300 e. The van der Waals surface area contributed by atoms with Crippen LogP contribution in [0.4, 0.5) is 0 Å². The monoisotopic (exact) mass is 178 g/mol. The van der Waals surface area contributed by atoms with Gasteiger partial charge in [0, 0.05) is 24.7 Å². The third-order valence-electron chi connectivity index (χ3n) is 1.81. The standard InChI is InChI=1S/C10H14N2O/c1-3-10-11-7-6-9(12-10)5-4-8(2)13/h6-7H,3-5H2,1-2H3. The Bertz CT molecular complexity index is 297. The van der Waals surface area contributed by atoms with Crippen molar-refractivity contribution in [1.82, 2.24) is 9.97 Å². The fourth-order valence-electron chi connectivity index (χ4n) is 1.05. The molecule has 0 aliphatic heterocycles. The molecule has 0 unspecified atom stereocenters. The van der Waals surface area contributed by atoms with Crippen LogP contribution >= 0.6 is 0 Å². The summed E-state index contributed by atoms with van der Waals surface area (Å²) in [5, 5.41) is 0. The Morgan fingerprint density at radius 3 is 2.92 bits per heavy atom. The Morgan fingerprint density at radius 1 is 1.54 bits per heavy atom. The van der Waals surface area contributed by atoms with Gasteiger partial charge < -0.3 is 4.79 Å². The van der Waals surface area contributed by atoms with Crippen molar-refractivity contribution in [3.05, 3.63) is 23.8 Å². The van der Waals surface area contributed by atoms with E-state index in [0.717, 1.165) is 24.4 Å². The first kappa shape index (κ1) is 9.84. The molecule has 0 fully saturated rings. The summed E-state index contributed by atoms with van der Waals surface area (Å²) in [5.74, 6) is 1.05. The maximum Gasteiger partial charge on any atom is 0.130 e. The summed E-state index contributed by atoms with van der Waals surface area (Å²) in [7, 11) is 0. The van der Waals surface area contributed by atoms with E-state index in [4.69, 9.17) is 0 Å². The van der Waals surface area contributed by atoms with Crippen molar-refractivity contribution in [2.45, 2.75) is 33.1 Å². The molecule has 0 saturated carbocycles. The highest BCUT2D eigenvalue weighted by Gasteiger charge is 1.99. The zero-order valence-corrected chi connectivity index (χ0v) is 8.08. The Hall–Kier alpha value is -1.25. The summed E-state index contributed by atoms with van der Waals surface area (Å²) in [6, 6.07) is 1.86. The highest BCUT2D eigenvalue weighted by atomic mass is 16.1. The second-order valence-electron chi connectivity index (χ2n) is 3.02. The lowest BCUT2D eigenvalue weighted by molar-refractivity contribution is -0.116. The van der Waals surface area contributed by atoms with Crippen molar-refractivity contribution in [3.8, 4) is 0 Å². The molecule has 3 heteroatoms. The second kappa shape index (κ2) is 4.70. The van der Waals surface area contributed by atoms with Crippen LogP contribution in [0.1, 0.15) is 31.8 Å². The van der Waals surface area contributed by atoms with E-state index in [1.54, 1.807) is 13.1 Å². The number of ketones is 1. The number of rotatable bonds is 4. The normalized spacial score (nSPS) is 10.0. The van der Waals surface area contributed by atoms with Crippen molar-refractivity contribution < 1.29 is 4.79 Å². The van der Waals surface area contributed by atoms with Crippen LogP contribution < -0.4 is 0 Å². The summed E-state index contributed by atoms with van der Waals surface area (Å²) in [6.07, 6.45) is 3.89. The van der Waals surface area contributed by atoms with Gasteiger partial charge in [0.1, 0.15) is 11.6 Å². The molecule has 1 aromatic heterocycles. The van der Waals surface area contributed by atoms with E-state index in [9.17, 15) is 4.79 Å². The molecular formula is C10H14N2O. The Labute approximate surface area is 78.2 Å². The topological polar surface area (TPSA) is 42.9 Å². The minimum atomic E-state index is 0.205. The Balaban J connectivity index is 2.61. The molecule has 70 valence electrons. The first-order valence-corrected chi connectivity index (χ1v) is 4.52. The molecule has 0 saturated heterocycles. The van der Waals surface area contributed by atoms with Gasteiger partial charge in [-0.15, -0.1) is 0 Å². The summed E-state index contributed by atoms with van der Waals surface area (Å²) < 4.78 is 0. The number of nitrogens with zero attached hydrogens (tertiary/aromatic N) is 2. The van der Waals surface area contributed by atoms with Gasteiger partial charge in [-0.05, 0) is 19.4 Å². The van der Waals surface area contributed by atoms with E-state index < -0.39 is 0 Å². The third kappa shape index (κ3) is 3.32. The maximum absolute atomic E-state index is 10.7. The molecule has 1 heterocycles. The third-order valence-corrected chi connectivity index (χ3v) is 1.81. The van der Waals surface area contributed by atoms with Gasteiger partial charge in [-0.3, -0.25) is 0 Å². The fraction of sp³-hybridized carbons (Fsp3) is 0.500. The highest BCUT2D eigenvalue weighted by molar-refractivity contribution is 5.75. The summed E-state index contributed by atoms with van der Waals surface area (Å²) in [4.78, 5) is 19.1. The first-order chi connectivity index (χ1) is 6.22. The van der Waals surface area contributed by atoms with Gasteiger partial charge in [0.25, 0.3) is 0 Å². The molecule has 0 spiro atoms. The van der Waals surface area contributed by atoms with Crippen LogP contribution in [0.3, 0.4) is 0 Å². The van der Waals surface area contributed by atoms with Crippen LogP contribution in [0.5, 0.6) is 0 Å². The van der Waals surface area contributed by atoms with E-state index in [2.05, 4.69) is 9.97 Å². The average molecular weight is 178 g/mol. The van der Waals surface area contributed by atoms with Crippen LogP contribution in [0.2, 0.25) is 0 Å². The summed E-state index contributed by atoms with van der Waals surface area (Å²) in [6.45, 7) is 3.62. The molecule has 13 heavy (non-hydrogen) atoms. The van der Waals surface area contributed by atoms with E-state index in [1.807, 2.05) is 13.0 Å². The van der Waals surface area contributed by atoms with Crippen LogP contribution in [0, 0.1) is 0 Å². The van der Waals surface area contributed by atoms with Gasteiger partial charge in [-0.2, -0.15) is 0 Å². The number of aromatic nitrogens is 2. The van der Waals surface area contributed by atoms with E-state index in [-0.39, 0.29) is 5.78 Å². The Kier molecular flexibility index (Phi) is 3.55. The smallest absolute Gasteiger partial charge is 0.130 e. The molecule has 0 radical (unpaired) electrons. The predicted molar refractivity (Wildman–Crippen MR) is 50.4 cm³/mol. The second-order valence-corrected chi connectivity index (χ2v) is 3.02. The number of carbonyl (C=O) groups excluding carboxylic acids is 1. The molecule has 0 amide bonds. The number of Topliss-reactive ketones (excluding diaryl/α,β-unsaturated/α-hetero) is 1. The molecule has 0 aliphatic carbocycles. The number of hydrogen-bond acceptors (Lipinski definition) is 3. The van der Waals surface area contributed by atoms with E-state index in [1.165, 1.54) is 0 Å². The lowest BCUT2D eigenvalue weighted by atomic mass is 10.2. The van der Waals surface area contributed by atoms with Crippen molar-refractivity contribution in [2.24, 2.45) is 0 Å². The van der Waals surface area contributed by atoms with Crippen molar-refractivity contribution in [2.75, 3.05) is 0 Å². The zero-order valence-electron chi connectivity index (χ0n) is 8.08. The highest BCUT2D eigenvalue weighted by Crippen LogP contribution is 2.00. The van der Waals surface area contributed by atoms with E-state index in [0.29, 0.717) is 6.42 Å². The van der Waals surface area contributed by atoms with Gasteiger partial charge in [-0.25, -0.2) is 9.97 Å². The van der Waals surface area contributed by atoms with Crippen LogP contribution in [-0.2, 0) is 17.6 Å². The van der Waals surface area contributed by atoms with Crippen molar-refractivity contribution >= 4 is 5.78 Å². The van der Waals surface area contributed by atoms with Crippen molar-refractivity contribution in [3.63, 3.8) is 0 Å². The first-order valence-electron chi connectivity index (χ1n) is 4.52. The molecule has 0 aliphatic rings. The molecule has 1 aromatic rings. The van der Waals surface area contributed by atoms with Crippen molar-refractivity contribution in [1.29, 1.82) is 0 Å². The molecule has 0 aromatic carbocycles. The fourth-order valence-corrected chi connectivity index (χ4v) is 1.05. The van der Waals surface area contributed by atoms with Crippen LogP contribution in [0.25, 0.3) is 0 Å². The number of hydrogen-bond donors (Lipinski definition) is 0. The molecule has 1 rings (SSSR count). The lowest BCUT2D eigenvalue weighted by Crippen LogP contribution is -2.00. The molecule has 0 atom stereocenters.